The lowest BCUT2D eigenvalue weighted by Crippen LogP contribution is -2.33. The minimum Gasteiger partial charge on any atom is -0.354 e. The van der Waals surface area contributed by atoms with Crippen LogP contribution in [0.5, 0.6) is 0 Å². The molecule has 0 aliphatic carbocycles. The molecule has 0 saturated heterocycles. The summed E-state index contributed by atoms with van der Waals surface area (Å²) < 4.78 is 0. The molecule has 0 saturated carbocycles. The van der Waals surface area contributed by atoms with Gasteiger partial charge in [0.25, 0.3) is 0 Å². The highest BCUT2D eigenvalue weighted by Gasteiger charge is 2.07. The summed E-state index contributed by atoms with van der Waals surface area (Å²) in [5, 5.41) is 9.20. The average molecular weight is 317 g/mol. The first-order valence-electron chi connectivity index (χ1n) is 7.72. The molecule has 22 heavy (non-hydrogen) atoms. The summed E-state index contributed by atoms with van der Waals surface area (Å²) in [6, 6.07) is 10.3. The Hall–Kier alpha value is -1.72. The van der Waals surface area contributed by atoms with E-state index in [1.54, 1.807) is 11.3 Å². The van der Waals surface area contributed by atoms with E-state index in [1.165, 1.54) is 5.56 Å². The summed E-state index contributed by atoms with van der Waals surface area (Å²) in [7, 11) is 0. The fourth-order valence-electron chi connectivity index (χ4n) is 2.10. The third-order valence-corrected chi connectivity index (χ3v) is 4.09. The quantitative estimate of drug-likeness (QED) is 0.698. The summed E-state index contributed by atoms with van der Waals surface area (Å²) >= 11 is 1.62. The van der Waals surface area contributed by atoms with Crippen molar-refractivity contribution in [1.82, 2.24) is 15.6 Å². The van der Waals surface area contributed by atoms with Crippen molar-refractivity contribution >= 4 is 17.2 Å². The Bertz CT molecular complexity index is 568. The first-order valence-corrected chi connectivity index (χ1v) is 8.60. The molecule has 1 aromatic carbocycles. The van der Waals surface area contributed by atoms with Gasteiger partial charge in [0, 0.05) is 24.9 Å². The van der Waals surface area contributed by atoms with Crippen LogP contribution in [0, 0.1) is 0 Å². The number of aromatic nitrogens is 1. The van der Waals surface area contributed by atoms with E-state index in [2.05, 4.69) is 34.7 Å². The number of amides is 1. The molecule has 0 bridgehead atoms. The Morgan fingerprint density at radius 3 is 2.77 bits per heavy atom. The van der Waals surface area contributed by atoms with Gasteiger partial charge >= 0.3 is 0 Å². The Kier molecular flexibility index (Phi) is 7.06. The van der Waals surface area contributed by atoms with E-state index in [0.29, 0.717) is 13.0 Å². The second-order valence-electron chi connectivity index (χ2n) is 5.17. The third kappa shape index (κ3) is 5.95. The lowest BCUT2D eigenvalue weighted by atomic mass is 10.2. The highest BCUT2D eigenvalue weighted by Crippen LogP contribution is 2.15. The predicted molar refractivity (Wildman–Crippen MR) is 91.2 cm³/mol. The lowest BCUT2D eigenvalue weighted by molar-refractivity contribution is -0.120. The molecule has 1 amide bonds. The van der Waals surface area contributed by atoms with Gasteiger partial charge in [-0.2, -0.15) is 0 Å². The Morgan fingerprint density at radius 2 is 2.00 bits per heavy atom. The van der Waals surface area contributed by atoms with Gasteiger partial charge in [-0.05, 0) is 18.5 Å². The van der Waals surface area contributed by atoms with E-state index in [-0.39, 0.29) is 5.91 Å². The van der Waals surface area contributed by atoms with E-state index < -0.39 is 0 Å². The Morgan fingerprint density at radius 1 is 1.18 bits per heavy atom. The minimum absolute atomic E-state index is 0.0369. The maximum Gasteiger partial charge on any atom is 0.226 e. The molecular formula is C17H23N3OS. The number of hydrogen-bond donors (Lipinski definition) is 2. The molecule has 1 aromatic heterocycles. The molecule has 5 heteroatoms. The number of nitrogens with zero attached hydrogens (tertiary/aromatic N) is 1. The molecule has 0 spiro atoms. The fraction of sp³-hybridized carbons (Fsp3) is 0.412. The number of benzene rings is 1. The normalized spacial score (nSPS) is 10.6. The smallest absolute Gasteiger partial charge is 0.226 e. The molecule has 0 aliphatic rings. The zero-order valence-electron chi connectivity index (χ0n) is 13.0. The number of carbonyl (C=O) groups is 1. The second kappa shape index (κ2) is 9.33. The third-order valence-electron chi connectivity index (χ3n) is 3.19. The van der Waals surface area contributed by atoms with Crippen LogP contribution in [0.4, 0.5) is 0 Å². The largest absolute Gasteiger partial charge is 0.354 e. The average Bonchev–Trinajstić information content (AvgIpc) is 2.95. The SMILES string of the molecule is CCCNCCNC(=O)Cc1csc(Cc2ccccc2)n1. The molecule has 2 rings (SSSR count). The maximum absolute atomic E-state index is 11.8. The van der Waals surface area contributed by atoms with Crippen molar-refractivity contribution in [2.24, 2.45) is 0 Å². The summed E-state index contributed by atoms with van der Waals surface area (Å²) in [6.07, 6.45) is 2.30. The number of nitrogens with one attached hydrogen (secondary N) is 2. The van der Waals surface area contributed by atoms with Crippen LogP contribution in [0.2, 0.25) is 0 Å². The molecule has 0 atom stereocenters. The minimum atomic E-state index is 0.0369. The number of hydrogen-bond acceptors (Lipinski definition) is 4. The second-order valence-corrected chi connectivity index (χ2v) is 6.11. The van der Waals surface area contributed by atoms with Gasteiger partial charge in [-0.1, -0.05) is 37.3 Å². The summed E-state index contributed by atoms with van der Waals surface area (Å²) in [5.74, 6) is 0.0369. The van der Waals surface area contributed by atoms with Crippen LogP contribution in [0.15, 0.2) is 35.7 Å². The van der Waals surface area contributed by atoms with Crippen molar-refractivity contribution in [3.63, 3.8) is 0 Å². The molecule has 1 heterocycles. The van der Waals surface area contributed by atoms with Crippen molar-refractivity contribution < 1.29 is 4.79 Å². The number of thiazole rings is 1. The molecule has 0 unspecified atom stereocenters. The van der Waals surface area contributed by atoms with Crippen molar-refractivity contribution in [3.05, 3.63) is 52.0 Å². The van der Waals surface area contributed by atoms with Gasteiger partial charge in [0.15, 0.2) is 0 Å². The van der Waals surface area contributed by atoms with E-state index in [4.69, 9.17) is 0 Å². The van der Waals surface area contributed by atoms with E-state index in [0.717, 1.165) is 36.6 Å². The molecule has 118 valence electrons. The van der Waals surface area contributed by atoms with Gasteiger partial charge in [0.1, 0.15) is 0 Å². The number of carbonyl (C=O) groups excluding carboxylic acids is 1. The molecule has 2 aromatic rings. The van der Waals surface area contributed by atoms with Crippen LogP contribution in [0.25, 0.3) is 0 Å². The predicted octanol–water partition coefficient (Wildman–Crippen LogP) is 2.39. The van der Waals surface area contributed by atoms with Crippen molar-refractivity contribution in [2.45, 2.75) is 26.2 Å². The van der Waals surface area contributed by atoms with Crippen LogP contribution in [0.1, 0.15) is 29.6 Å². The molecule has 2 N–H and O–H groups in total. The number of rotatable bonds is 9. The highest BCUT2D eigenvalue weighted by atomic mass is 32.1. The zero-order valence-corrected chi connectivity index (χ0v) is 13.8. The summed E-state index contributed by atoms with van der Waals surface area (Å²) in [6.45, 7) is 4.60. The Balaban J connectivity index is 1.73. The summed E-state index contributed by atoms with van der Waals surface area (Å²) in [4.78, 5) is 16.4. The topological polar surface area (TPSA) is 54.0 Å². The van der Waals surface area contributed by atoms with Crippen molar-refractivity contribution in [1.29, 1.82) is 0 Å². The lowest BCUT2D eigenvalue weighted by Gasteiger charge is -2.05. The van der Waals surface area contributed by atoms with Gasteiger partial charge in [-0.25, -0.2) is 4.98 Å². The molecule has 0 radical (unpaired) electrons. The molecule has 4 nitrogen and oxygen atoms in total. The first-order chi connectivity index (χ1) is 10.8. The van der Waals surface area contributed by atoms with Gasteiger partial charge in [-0.15, -0.1) is 11.3 Å². The standard InChI is InChI=1S/C17H23N3OS/c1-2-8-18-9-10-19-16(21)12-15-13-22-17(20-15)11-14-6-4-3-5-7-14/h3-7,13,18H,2,8-12H2,1H3,(H,19,21). The van der Waals surface area contributed by atoms with Crippen molar-refractivity contribution in [2.75, 3.05) is 19.6 Å². The molecular weight excluding hydrogens is 294 g/mol. The van der Waals surface area contributed by atoms with Gasteiger partial charge < -0.3 is 10.6 Å². The van der Waals surface area contributed by atoms with Crippen LogP contribution in [-0.2, 0) is 17.6 Å². The van der Waals surface area contributed by atoms with Gasteiger partial charge in [-0.3, -0.25) is 4.79 Å². The van der Waals surface area contributed by atoms with E-state index in [1.807, 2.05) is 23.6 Å². The first kappa shape index (κ1) is 16.6. The van der Waals surface area contributed by atoms with Gasteiger partial charge in [0.05, 0.1) is 17.1 Å². The van der Waals surface area contributed by atoms with Crippen LogP contribution < -0.4 is 10.6 Å². The molecule has 0 aliphatic heterocycles. The highest BCUT2D eigenvalue weighted by molar-refractivity contribution is 7.09. The van der Waals surface area contributed by atoms with E-state index in [9.17, 15) is 4.79 Å². The summed E-state index contributed by atoms with van der Waals surface area (Å²) in [5.41, 5.74) is 2.10. The van der Waals surface area contributed by atoms with Crippen LogP contribution in [0.3, 0.4) is 0 Å². The van der Waals surface area contributed by atoms with E-state index >= 15 is 0 Å². The van der Waals surface area contributed by atoms with Crippen LogP contribution >= 0.6 is 11.3 Å². The fourth-order valence-corrected chi connectivity index (χ4v) is 2.93. The van der Waals surface area contributed by atoms with Crippen LogP contribution in [-0.4, -0.2) is 30.5 Å². The van der Waals surface area contributed by atoms with Crippen molar-refractivity contribution in [3.8, 4) is 0 Å². The van der Waals surface area contributed by atoms with Gasteiger partial charge in [0.2, 0.25) is 5.91 Å². The Labute approximate surface area is 136 Å². The monoisotopic (exact) mass is 317 g/mol. The zero-order chi connectivity index (χ0) is 15.6. The molecule has 0 fully saturated rings. The maximum atomic E-state index is 11.8.